The van der Waals surface area contributed by atoms with Crippen LogP contribution in [0.5, 0.6) is 0 Å². The molecule has 0 radical (unpaired) electrons. The summed E-state index contributed by atoms with van der Waals surface area (Å²) in [6, 6.07) is 0.768. The summed E-state index contributed by atoms with van der Waals surface area (Å²) in [4.78, 5) is 0. The molecular weight excluding hydrogens is 184 g/mol. The summed E-state index contributed by atoms with van der Waals surface area (Å²) in [6.45, 7) is 2.23. The largest absolute Gasteiger partial charge is 0.303 e. The van der Waals surface area contributed by atoms with Crippen LogP contribution in [0.1, 0.15) is 57.8 Å². The van der Waals surface area contributed by atoms with E-state index < -0.39 is 0 Å². The molecule has 0 aromatic rings. The standard InChI is InChI=1S/C13H26N2/c1-2-4-6-8-12(9-7-5-3-1)13-10-14-11-15-13/h12-15H,1-11H2. The minimum Gasteiger partial charge on any atom is -0.303 e. The van der Waals surface area contributed by atoms with Gasteiger partial charge in [0.25, 0.3) is 0 Å². The maximum Gasteiger partial charge on any atom is 0.0457 e. The van der Waals surface area contributed by atoms with Crippen LogP contribution in [0.4, 0.5) is 0 Å². The minimum absolute atomic E-state index is 0.768. The van der Waals surface area contributed by atoms with Crippen molar-refractivity contribution in [2.45, 2.75) is 63.8 Å². The third-order valence-electron chi connectivity index (χ3n) is 4.07. The maximum absolute atomic E-state index is 3.60. The molecule has 2 N–H and O–H groups in total. The fraction of sp³-hybridized carbons (Fsp3) is 1.00. The smallest absolute Gasteiger partial charge is 0.0457 e. The Morgan fingerprint density at radius 1 is 0.733 bits per heavy atom. The van der Waals surface area contributed by atoms with Crippen molar-refractivity contribution in [3.8, 4) is 0 Å². The van der Waals surface area contributed by atoms with E-state index in [9.17, 15) is 0 Å². The highest BCUT2D eigenvalue weighted by Crippen LogP contribution is 2.24. The quantitative estimate of drug-likeness (QED) is 0.695. The molecule has 1 aliphatic heterocycles. The molecule has 2 fully saturated rings. The van der Waals surface area contributed by atoms with E-state index in [0.29, 0.717) is 0 Å². The van der Waals surface area contributed by atoms with Gasteiger partial charge >= 0.3 is 0 Å². The van der Waals surface area contributed by atoms with Crippen LogP contribution in [0.2, 0.25) is 0 Å². The van der Waals surface area contributed by atoms with Crippen molar-refractivity contribution in [1.82, 2.24) is 10.6 Å². The zero-order valence-electron chi connectivity index (χ0n) is 9.93. The molecule has 1 saturated carbocycles. The zero-order chi connectivity index (χ0) is 10.3. The van der Waals surface area contributed by atoms with Crippen molar-refractivity contribution in [2.75, 3.05) is 13.2 Å². The average Bonchev–Trinajstić information content (AvgIpc) is 2.79. The molecule has 1 atom stereocenters. The Kier molecular flexibility index (Phi) is 4.94. The summed E-state index contributed by atoms with van der Waals surface area (Å²) in [6.07, 6.45) is 13.2. The van der Waals surface area contributed by atoms with Crippen LogP contribution in [0.3, 0.4) is 0 Å². The molecule has 1 heterocycles. The van der Waals surface area contributed by atoms with Gasteiger partial charge in [0.2, 0.25) is 0 Å². The number of hydrogen-bond donors (Lipinski definition) is 2. The van der Waals surface area contributed by atoms with E-state index in [0.717, 1.165) is 18.6 Å². The van der Waals surface area contributed by atoms with Crippen LogP contribution < -0.4 is 10.6 Å². The molecule has 2 heteroatoms. The fourth-order valence-electron chi connectivity index (χ4n) is 3.08. The topological polar surface area (TPSA) is 24.1 Å². The van der Waals surface area contributed by atoms with E-state index in [-0.39, 0.29) is 0 Å². The molecule has 88 valence electrons. The van der Waals surface area contributed by atoms with Crippen molar-refractivity contribution in [3.05, 3.63) is 0 Å². The van der Waals surface area contributed by atoms with Gasteiger partial charge < -0.3 is 10.6 Å². The molecule has 1 unspecified atom stereocenters. The lowest BCUT2D eigenvalue weighted by Gasteiger charge is -2.24. The van der Waals surface area contributed by atoms with Gasteiger partial charge in [0.05, 0.1) is 0 Å². The van der Waals surface area contributed by atoms with Crippen LogP contribution in [0.25, 0.3) is 0 Å². The molecule has 0 bridgehead atoms. The number of nitrogens with one attached hydrogen (secondary N) is 2. The molecule has 0 amide bonds. The number of rotatable bonds is 1. The molecule has 0 spiro atoms. The molecule has 2 rings (SSSR count). The molecule has 0 aromatic carbocycles. The monoisotopic (exact) mass is 210 g/mol. The Bertz CT molecular complexity index is 154. The van der Waals surface area contributed by atoms with Crippen molar-refractivity contribution in [3.63, 3.8) is 0 Å². The van der Waals surface area contributed by atoms with E-state index in [1.807, 2.05) is 0 Å². The molecule has 0 aromatic heterocycles. The first-order valence-corrected chi connectivity index (χ1v) is 6.91. The van der Waals surface area contributed by atoms with Crippen molar-refractivity contribution >= 4 is 0 Å². The Morgan fingerprint density at radius 3 is 1.87 bits per heavy atom. The Labute approximate surface area is 94.2 Å². The SMILES string of the molecule is C1CCCCC(C2CNCN2)CCCC1. The van der Waals surface area contributed by atoms with E-state index >= 15 is 0 Å². The Balaban J connectivity index is 1.78. The second-order valence-corrected chi connectivity index (χ2v) is 5.25. The summed E-state index contributed by atoms with van der Waals surface area (Å²) in [5.41, 5.74) is 0. The van der Waals surface area contributed by atoms with Crippen LogP contribution in [-0.2, 0) is 0 Å². The highest BCUT2D eigenvalue weighted by atomic mass is 15.2. The third-order valence-corrected chi connectivity index (χ3v) is 4.07. The average molecular weight is 210 g/mol. The summed E-state index contributed by atoms with van der Waals surface area (Å²) < 4.78 is 0. The number of hydrogen-bond acceptors (Lipinski definition) is 2. The molecular formula is C13H26N2. The highest BCUT2D eigenvalue weighted by Gasteiger charge is 2.23. The molecule has 2 aliphatic rings. The van der Waals surface area contributed by atoms with Gasteiger partial charge in [-0.3, -0.25) is 0 Å². The van der Waals surface area contributed by atoms with Crippen LogP contribution in [0, 0.1) is 5.92 Å². The van der Waals surface area contributed by atoms with Gasteiger partial charge in [0.1, 0.15) is 0 Å². The van der Waals surface area contributed by atoms with E-state index in [2.05, 4.69) is 10.6 Å². The molecule has 15 heavy (non-hydrogen) atoms. The predicted molar refractivity (Wildman–Crippen MR) is 64.8 cm³/mol. The highest BCUT2D eigenvalue weighted by molar-refractivity contribution is 4.82. The fourth-order valence-corrected chi connectivity index (χ4v) is 3.08. The van der Waals surface area contributed by atoms with Gasteiger partial charge in [-0.25, -0.2) is 0 Å². The Morgan fingerprint density at radius 2 is 1.33 bits per heavy atom. The van der Waals surface area contributed by atoms with Gasteiger partial charge in [-0.05, 0) is 18.8 Å². The second-order valence-electron chi connectivity index (χ2n) is 5.25. The molecule has 1 saturated heterocycles. The lowest BCUT2D eigenvalue weighted by atomic mass is 9.87. The first-order chi connectivity index (χ1) is 7.47. The maximum atomic E-state index is 3.60. The van der Waals surface area contributed by atoms with Gasteiger partial charge in [-0.15, -0.1) is 0 Å². The van der Waals surface area contributed by atoms with Crippen LogP contribution in [0.15, 0.2) is 0 Å². The zero-order valence-corrected chi connectivity index (χ0v) is 9.93. The van der Waals surface area contributed by atoms with Gasteiger partial charge in [-0.1, -0.05) is 44.9 Å². The molecule has 1 aliphatic carbocycles. The summed E-state index contributed by atoms with van der Waals surface area (Å²) in [5, 5.41) is 7.02. The normalized spacial score (nSPS) is 31.6. The van der Waals surface area contributed by atoms with E-state index in [1.165, 1.54) is 64.3 Å². The first kappa shape index (κ1) is 11.4. The predicted octanol–water partition coefficient (Wildman–Crippen LogP) is 2.65. The summed E-state index contributed by atoms with van der Waals surface area (Å²) >= 11 is 0. The van der Waals surface area contributed by atoms with Gasteiger partial charge in [0, 0.05) is 19.3 Å². The van der Waals surface area contributed by atoms with Crippen molar-refractivity contribution < 1.29 is 0 Å². The third kappa shape index (κ3) is 3.76. The second kappa shape index (κ2) is 6.49. The summed E-state index contributed by atoms with van der Waals surface area (Å²) in [5.74, 6) is 0.943. The van der Waals surface area contributed by atoms with Crippen LogP contribution >= 0.6 is 0 Å². The lowest BCUT2D eigenvalue weighted by Crippen LogP contribution is -2.32. The van der Waals surface area contributed by atoms with Crippen LogP contribution in [-0.4, -0.2) is 19.3 Å². The van der Waals surface area contributed by atoms with Crippen molar-refractivity contribution in [2.24, 2.45) is 5.92 Å². The summed E-state index contributed by atoms with van der Waals surface area (Å²) in [7, 11) is 0. The van der Waals surface area contributed by atoms with Crippen molar-refractivity contribution in [1.29, 1.82) is 0 Å². The lowest BCUT2D eigenvalue weighted by molar-refractivity contribution is 0.322. The Hall–Kier alpha value is -0.0800. The first-order valence-electron chi connectivity index (χ1n) is 6.91. The van der Waals surface area contributed by atoms with E-state index in [1.54, 1.807) is 0 Å². The minimum atomic E-state index is 0.768. The van der Waals surface area contributed by atoms with Gasteiger partial charge in [-0.2, -0.15) is 0 Å². The van der Waals surface area contributed by atoms with Gasteiger partial charge in [0.15, 0.2) is 0 Å². The van der Waals surface area contributed by atoms with E-state index in [4.69, 9.17) is 0 Å². The molecule has 2 nitrogen and oxygen atoms in total.